The zero-order valence-electron chi connectivity index (χ0n) is 8.22. The number of halogens is 2. The lowest BCUT2D eigenvalue weighted by molar-refractivity contribution is 0.0241. The van der Waals surface area contributed by atoms with Crippen LogP contribution in [0.2, 0.25) is 0 Å². The van der Waals surface area contributed by atoms with E-state index in [4.69, 9.17) is 0 Å². The van der Waals surface area contributed by atoms with Crippen LogP contribution in [0.1, 0.15) is 6.42 Å². The molecule has 0 spiro atoms. The van der Waals surface area contributed by atoms with E-state index in [1.807, 2.05) is 0 Å². The van der Waals surface area contributed by atoms with Crippen LogP contribution in [0.3, 0.4) is 0 Å². The van der Waals surface area contributed by atoms with Crippen LogP contribution >= 0.6 is 0 Å². The molecular formula is C8H8F2N6. The SMILES string of the molecule is FC1(F)CCN(n2nnc3cncnc32)C1. The number of aromatic nitrogens is 5. The van der Waals surface area contributed by atoms with E-state index < -0.39 is 5.92 Å². The van der Waals surface area contributed by atoms with E-state index in [0.29, 0.717) is 11.2 Å². The van der Waals surface area contributed by atoms with Crippen LogP contribution in [0, 0.1) is 0 Å². The quantitative estimate of drug-likeness (QED) is 0.695. The number of hydrogen-bond acceptors (Lipinski definition) is 5. The lowest BCUT2D eigenvalue weighted by atomic mass is 10.3. The highest BCUT2D eigenvalue weighted by atomic mass is 19.3. The smallest absolute Gasteiger partial charge is 0.268 e. The van der Waals surface area contributed by atoms with Gasteiger partial charge in [0.1, 0.15) is 6.33 Å². The lowest BCUT2D eigenvalue weighted by Crippen LogP contribution is -2.35. The fourth-order valence-electron chi connectivity index (χ4n) is 1.74. The Kier molecular flexibility index (Phi) is 1.79. The Hall–Kier alpha value is -1.86. The Morgan fingerprint density at radius 3 is 3.00 bits per heavy atom. The topological polar surface area (TPSA) is 59.7 Å². The maximum absolute atomic E-state index is 13.1. The summed E-state index contributed by atoms with van der Waals surface area (Å²) in [5.74, 6) is -2.66. The Morgan fingerprint density at radius 2 is 2.25 bits per heavy atom. The normalized spacial score (nSPS) is 19.5. The van der Waals surface area contributed by atoms with Crippen molar-refractivity contribution in [1.82, 2.24) is 25.1 Å². The van der Waals surface area contributed by atoms with E-state index in [1.54, 1.807) is 0 Å². The van der Waals surface area contributed by atoms with Crippen molar-refractivity contribution >= 4 is 11.2 Å². The standard InChI is InChI=1S/C8H8F2N6/c9-8(10)1-2-15(4-8)16-7-6(13-14-16)3-11-5-12-7/h3,5H,1-2,4H2. The monoisotopic (exact) mass is 226 g/mol. The lowest BCUT2D eigenvalue weighted by Gasteiger charge is -2.16. The van der Waals surface area contributed by atoms with Crippen molar-refractivity contribution in [2.24, 2.45) is 0 Å². The molecule has 0 unspecified atom stereocenters. The zero-order chi connectivity index (χ0) is 11.2. The maximum atomic E-state index is 13.1. The van der Waals surface area contributed by atoms with Crippen molar-refractivity contribution in [3.63, 3.8) is 0 Å². The van der Waals surface area contributed by atoms with E-state index in [2.05, 4.69) is 20.3 Å². The van der Waals surface area contributed by atoms with E-state index in [9.17, 15) is 8.78 Å². The third-order valence-corrected chi connectivity index (χ3v) is 2.52. The molecule has 8 heteroatoms. The maximum Gasteiger partial charge on any atom is 0.268 e. The van der Waals surface area contributed by atoms with Gasteiger partial charge in [-0.15, -0.1) is 9.89 Å². The first-order valence-electron chi connectivity index (χ1n) is 4.80. The Bertz CT molecular complexity index is 524. The molecule has 0 aromatic carbocycles. The van der Waals surface area contributed by atoms with Crippen LogP contribution in [0.15, 0.2) is 12.5 Å². The molecule has 0 aliphatic carbocycles. The number of fused-ring (bicyclic) bond motifs is 1. The fraction of sp³-hybridized carbons (Fsp3) is 0.500. The molecule has 1 saturated heterocycles. The summed E-state index contributed by atoms with van der Waals surface area (Å²) in [6.07, 6.45) is 2.68. The summed E-state index contributed by atoms with van der Waals surface area (Å²) in [6, 6.07) is 0. The minimum Gasteiger partial charge on any atom is -0.287 e. The van der Waals surface area contributed by atoms with Crippen LogP contribution in [0.4, 0.5) is 8.78 Å². The summed E-state index contributed by atoms with van der Waals surface area (Å²) in [4.78, 5) is 9.08. The van der Waals surface area contributed by atoms with Crippen molar-refractivity contribution in [2.75, 3.05) is 18.1 Å². The molecule has 2 aromatic rings. The fourth-order valence-corrected chi connectivity index (χ4v) is 1.74. The Balaban J connectivity index is 2.01. The molecule has 1 fully saturated rings. The van der Waals surface area contributed by atoms with Crippen molar-refractivity contribution in [1.29, 1.82) is 0 Å². The van der Waals surface area contributed by atoms with Crippen molar-refractivity contribution < 1.29 is 8.78 Å². The summed E-state index contributed by atoms with van der Waals surface area (Å²) in [5.41, 5.74) is 0.949. The number of hydrogen-bond donors (Lipinski definition) is 0. The molecule has 3 heterocycles. The summed E-state index contributed by atoms with van der Waals surface area (Å²) >= 11 is 0. The summed E-state index contributed by atoms with van der Waals surface area (Å²) in [6.45, 7) is -0.106. The van der Waals surface area contributed by atoms with Gasteiger partial charge in [-0.05, 0) is 5.21 Å². The van der Waals surface area contributed by atoms with Crippen LogP contribution in [-0.2, 0) is 0 Å². The van der Waals surface area contributed by atoms with Gasteiger partial charge in [-0.1, -0.05) is 0 Å². The molecule has 84 valence electrons. The van der Waals surface area contributed by atoms with Gasteiger partial charge in [-0.25, -0.2) is 18.7 Å². The second kappa shape index (κ2) is 3.06. The van der Waals surface area contributed by atoms with Crippen LogP contribution in [0.5, 0.6) is 0 Å². The number of rotatable bonds is 1. The zero-order valence-corrected chi connectivity index (χ0v) is 8.22. The molecule has 0 saturated carbocycles. The van der Waals surface area contributed by atoms with Gasteiger partial charge in [-0.3, -0.25) is 5.01 Å². The highest BCUT2D eigenvalue weighted by Crippen LogP contribution is 2.26. The molecule has 2 aromatic heterocycles. The van der Waals surface area contributed by atoms with Gasteiger partial charge >= 0.3 is 0 Å². The summed E-state index contributed by atoms with van der Waals surface area (Å²) in [5, 5.41) is 9.04. The van der Waals surface area contributed by atoms with Crippen LogP contribution < -0.4 is 5.01 Å². The minimum atomic E-state index is -2.66. The van der Waals surface area contributed by atoms with E-state index in [0.717, 1.165) is 0 Å². The van der Waals surface area contributed by atoms with Gasteiger partial charge < -0.3 is 0 Å². The Morgan fingerprint density at radius 1 is 1.38 bits per heavy atom. The van der Waals surface area contributed by atoms with E-state index in [1.165, 1.54) is 22.3 Å². The van der Waals surface area contributed by atoms with Gasteiger partial charge in [-0.2, -0.15) is 0 Å². The van der Waals surface area contributed by atoms with Gasteiger partial charge in [0.05, 0.1) is 12.7 Å². The first-order valence-corrected chi connectivity index (χ1v) is 4.80. The van der Waals surface area contributed by atoms with Gasteiger partial charge in [0.25, 0.3) is 5.92 Å². The highest BCUT2D eigenvalue weighted by molar-refractivity contribution is 5.67. The predicted molar refractivity (Wildman–Crippen MR) is 50.6 cm³/mol. The third kappa shape index (κ3) is 1.37. The minimum absolute atomic E-state index is 0.167. The molecule has 0 N–H and O–H groups in total. The molecule has 0 radical (unpaired) electrons. The second-order valence-electron chi connectivity index (χ2n) is 3.70. The second-order valence-corrected chi connectivity index (χ2v) is 3.70. The number of alkyl halides is 2. The summed E-state index contributed by atoms with van der Waals surface area (Å²) in [7, 11) is 0. The van der Waals surface area contributed by atoms with Gasteiger partial charge in [0, 0.05) is 13.0 Å². The van der Waals surface area contributed by atoms with E-state index >= 15 is 0 Å². The average molecular weight is 226 g/mol. The van der Waals surface area contributed by atoms with Crippen LogP contribution in [-0.4, -0.2) is 44.1 Å². The van der Waals surface area contributed by atoms with E-state index in [-0.39, 0.29) is 19.5 Å². The number of nitrogens with zero attached hydrogens (tertiary/aromatic N) is 6. The van der Waals surface area contributed by atoms with Gasteiger partial charge in [0.15, 0.2) is 5.52 Å². The first kappa shape index (κ1) is 9.37. The molecule has 16 heavy (non-hydrogen) atoms. The summed E-state index contributed by atoms with van der Waals surface area (Å²) < 4.78 is 26.1. The predicted octanol–water partition coefficient (Wildman–Crippen LogP) is 0.198. The molecule has 1 aliphatic rings. The molecule has 3 rings (SSSR count). The first-order chi connectivity index (χ1) is 7.66. The third-order valence-electron chi connectivity index (χ3n) is 2.52. The Labute approximate surface area is 88.9 Å². The highest BCUT2D eigenvalue weighted by Gasteiger charge is 2.39. The molecular weight excluding hydrogens is 218 g/mol. The molecule has 0 atom stereocenters. The molecule has 6 nitrogen and oxygen atoms in total. The molecule has 0 bridgehead atoms. The average Bonchev–Trinajstić information content (AvgIpc) is 2.81. The van der Waals surface area contributed by atoms with Gasteiger partial charge in [0.2, 0.25) is 5.65 Å². The van der Waals surface area contributed by atoms with Crippen molar-refractivity contribution in [2.45, 2.75) is 12.3 Å². The van der Waals surface area contributed by atoms with Crippen LogP contribution in [0.25, 0.3) is 11.2 Å². The molecule has 0 amide bonds. The largest absolute Gasteiger partial charge is 0.287 e. The van der Waals surface area contributed by atoms with Crippen molar-refractivity contribution in [3.8, 4) is 0 Å². The van der Waals surface area contributed by atoms with Crippen molar-refractivity contribution in [3.05, 3.63) is 12.5 Å². The molecule has 1 aliphatic heterocycles.